The summed E-state index contributed by atoms with van der Waals surface area (Å²) in [5.41, 5.74) is 4.30. The third kappa shape index (κ3) is 4.22. The Balaban J connectivity index is 1.48. The molecule has 0 unspecified atom stereocenters. The van der Waals surface area contributed by atoms with Crippen LogP contribution < -0.4 is 10.9 Å². The van der Waals surface area contributed by atoms with Gasteiger partial charge < -0.3 is 19.3 Å². The van der Waals surface area contributed by atoms with Crippen LogP contribution in [0.3, 0.4) is 0 Å². The number of carbonyl (C=O) groups is 2. The van der Waals surface area contributed by atoms with Gasteiger partial charge in [0, 0.05) is 34.7 Å². The molecule has 7 heteroatoms. The van der Waals surface area contributed by atoms with Gasteiger partial charge in [0.15, 0.2) is 0 Å². The molecule has 1 amide bonds. The van der Waals surface area contributed by atoms with Crippen LogP contribution in [0.15, 0.2) is 50.0 Å². The van der Waals surface area contributed by atoms with E-state index in [9.17, 15) is 19.5 Å². The van der Waals surface area contributed by atoms with Crippen molar-refractivity contribution in [2.24, 2.45) is 0 Å². The predicted molar refractivity (Wildman–Crippen MR) is 132 cm³/mol. The van der Waals surface area contributed by atoms with Gasteiger partial charge in [-0.1, -0.05) is 30.3 Å². The van der Waals surface area contributed by atoms with Crippen LogP contribution in [0.25, 0.3) is 21.9 Å². The van der Waals surface area contributed by atoms with Gasteiger partial charge in [0.2, 0.25) is 5.91 Å². The number of carboxylic acids is 1. The van der Waals surface area contributed by atoms with Gasteiger partial charge in [0.1, 0.15) is 23.0 Å². The second kappa shape index (κ2) is 9.06. The molecule has 2 aromatic heterocycles. The molecule has 0 saturated carbocycles. The van der Waals surface area contributed by atoms with Crippen molar-refractivity contribution in [3.63, 3.8) is 0 Å². The van der Waals surface area contributed by atoms with Crippen molar-refractivity contribution in [2.75, 3.05) is 0 Å². The van der Waals surface area contributed by atoms with E-state index in [4.69, 9.17) is 8.83 Å². The lowest BCUT2D eigenvalue weighted by Gasteiger charge is -2.15. The molecule has 7 nitrogen and oxygen atoms in total. The Morgan fingerprint density at radius 1 is 1.00 bits per heavy atom. The average Bonchev–Trinajstić information content (AvgIpc) is 3.22. The number of rotatable bonds is 6. The largest absolute Gasteiger partial charge is 0.480 e. The summed E-state index contributed by atoms with van der Waals surface area (Å²) in [5, 5.41) is 14.0. The van der Waals surface area contributed by atoms with Crippen LogP contribution in [0.1, 0.15) is 46.4 Å². The van der Waals surface area contributed by atoms with Crippen LogP contribution in [-0.2, 0) is 35.3 Å². The van der Waals surface area contributed by atoms with Crippen molar-refractivity contribution in [2.45, 2.75) is 58.4 Å². The number of benzene rings is 2. The topological polar surface area (TPSA) is 110 Å². The summed E-state index contributed by atoms with van der Waals surface area (Å²) in [4.78, 5) is 37.5. The molecule has 1 atom stereocenters. The molecule has 180 valence electrons. The van der Waals surface area contributed by atoms with E-state index in [1.807, 2.05) is 43.3 Å². The number of carboxylic acid groups (broad SMARTS) is 1. The number of aryl methyl sites for hydroxylation is 4. The van der Waals surface area contributed by atoms with Gasteiger partial charge in [-0.05, 0) is 50.3 Å². The number of hydrogen-bond donors (Lipinski definition) is 2. The zero-order valence-corrected chi connectivity index (χ0v) is 19.8. The van der Waals surface area contributed by atoms with E-state index in [1.165, 1.54) is 5.56 Å². The van der Waals surface area contributed by atoms with E-state index in [0.29, 0.717) is 11.1 Å². The second-order valence-corrected chi connectivity index (χ2v) is 9.28. The lowest BCUT2D eigenvalue weighted by molar-refractivity contribution is -0.141. The van der Waals surface area contributed by atoms with Crippen molar-refractivity contribution in [1.82, 2.24) is 5.32 Å². The Morgan fingerprint density at radius 3 is 2.46 bits per heavy atom. The van der Waals surface area contributed by atoms with Crippen molar-refractivity contribution in [3.05, 3.63) is 80.4 Å². The first-order valence-corrected chi connectivity index (χ1v) is 11.9. The monoisotopic (exact) mass is 473 g/mol. The maximum atomic E-state index is 12.9. The van der Waals surface area contributed by atoms with Gasteiger partial charge in [-0.2, -0.15) is 0 Å². The van der Waals surface area contributed by atoms with Crippen molar-refractivity contribution in [1.29, 1.82) is 0 Å². The van der Waals surface area contributed by atoms with Crippen molar-refractivity contribution >= 4 is 33.8 Å². The maximum Gasteiger partial charge on any atom is 0.340 e. The molecule has 2 N–H and O–H groups in total. The SMILES string of the molecule is Cc1c(CC(=O)N[C@H](Cc2ccccc2)C(=O)O)c(=O)oc2c(C)c3oc4c(c3cc12)CCCC4. The highest BCUT2D eigenvalue weighted by molar-refractivity contribution is 6.00. The number of fused-ring (bicyclic) bond motifs is 4. The number of furan rings is 1. The second-order valence-electron chi connectivity index (χ2n) is 9.28. The Labute approximate surface area is 201 Å². The number of carbonyl (C=O) groups excluding carboxylic acids is 1. The van der Waals surface area contributed by atoms with Crippen LogP contribution in [0.2, 0.25) is 0 Å². The summed E-state index contributed by atoms with van der Waals surface area (Å²) in [5.74, 6) is -0.670. The summed E-state index contributed by atoms with van der Waals surface area (Å²) >= 11 is 0. The lowest BCUT2D eigenvalue weighted by atomic mass is 9.93. The van der Waals surface area contributed by atoms with Crippen molar-refractivity contribution in [3.8, 4) is 0 Å². The fourth-order valence-corrected chi connectivity index (χ4v) is 5.08. The summed E-state index contributed by atoms with van der Waals surface area (Å²) < 4.78 is 11.8. The zero-order chi connectivity index (χ0) is 24.7. The minimum absolute atomic E-state index is 0.149. The molecule has 0 aliphatic heterocycles. The third-order valence-electron chi connectivity index (χ3n) is 6.98. The minimum atomic E-state index is -1.13. The average molecular weight is 474 g/mol. The maximum absolute atomic E-state index is 12.9. The van der Waals surface area contributed by atoms with Crippen LogP contribution in [0.4, 0.5) is 0 Å². The van der Waals surface area contributed by atoms with Crippen molar-refractivity contribution < 1.29 is 23.5 Å². The molecule has 0 radical (unpaired) electrons. The molecule has 1 aliphatic rings. The fourth-order valence-electron chi connectivity index (χ4n) is 5.08. The molecule has 0 fully saturated rings. The van der Waals surface area contributed by atoms with Gasteiger partial charge >= 0.3 is 11.6 Å². The molecule has 0 spiro atoms. The first-order valence-electron chi connectivity index (χ1n) is 11.9. The molecule has 1 aliphatic carbocycles. The van der Waals surface area contributed by atoms with Gasteiger partial charge in [0.25, 0.3) is 0 Å². The van der Waals surface area contributed by atoms with Crippen LogP contribution >= 0.6 is 0 Å². The summed E-state index contributed by atoms with van der Waals surface area (Å²) in [6.45, 7) is 3.69. The summed E-state index contributed by atoms with van der Waals surface area (Å²) in [6, 6.07) is 9.99. The molecule has 0 bridgehead atoms. The van der Waals surface area contributed by atoms with E-state index >= 15 is 0 Å². The normalized spacial score (nSPS) is 14.1. The molecule has 2 aromatic carbocycles. The molecular weight excluding hydrogens is 446 g/mol. The fraction of sp³-hybridized carbons (Fsp3) is 0.321. The van der Waals surface area contributed by atoms with E-state index in [1.54, 1.807) is 6.92 Å². The Hall–Kier alpha value is -3.87. The van der Waals surface area contributed by atoms with Crippen LogP contribution in [0.5, 0.6) is 0 Å². The quantitative estimate of drug-likeness (QED) is 0.402. The first-order chi connectivity index (χ1) is 16.8. The third-order valence-corrected chi connectivity index (χ3v) is 6.98. The zero-order valence-electron chi connectivity index (χ0n) is 19.8. The predicted octanol–water partition coefficient (Wildman–Crippen LogP) is 4.39. The Morgan fingerprint density at radius 2 is 1.71 bits per heavy atom. The smallest absolute Gasteiger partial charge is 0.340 e. The molecule has 4 aromatic rings. The highest BCUT2D eigenvalue weighted by atomic mass is 16.4. The Kier molecular flexibility index (Phi) is 5.93. The highest BCUT2D eigenvalue weighted by Crippen LogP contribution is 2.37. The van der Waals surface area contributed by atoms with Gasteiger partial charge in [-0.15, -0.1) is 0 Å². The molecule has 5 rings (SSSR count). The molecule has 35 heavy (non-hydrogen) atoms. The van der Waals surface area contributed by atoms with E-state index < -0.39 is 23.5 Å². The molecule has 2 heterocycles. The minimum Gasteiger partial charge on any atom is -0.480 e. The summed E-state index contributed by atoms with van der Waals surface area (Å²) in [7, 11) is 0. The van der Waals surface area contributed by atoms with E-state index in [0.717, 1.165) is 58.9 Å². The van der Waals surface area contributed by atoms with Gasteiger partial charge in [0.05, 0.1) is 12.0 Å². The first kappa shape index (κ1) is 22.9. The molecule has 0 saturated heterocycles. The number of nitrogens with one attached hydrogen (secondary N) is 1. The number of amides is 1. The highest BCUT2D eigenvalue weighted by Gasteiger charge is 2.25. The number of hydrogen-bond acceptors (Lipinski definition) is 5. The molecular formula is C28H27NO6. The number of aliphatic carboxylic acids is 1. The van der Waals surface area contributed by atoms with E-state index in [2.05, 4.69) is 5.32 Å². The van der Waals surface area contributed by atoms with E-state index in [-0.39, 0.29) is 18.4 Å². The Bertz CT molecular complexity index is 1510. The van der Waals surface area contributed by atoms with Gasteiger partial charge in [-0.3, -0.25) is 4.79 Å². The summed E-state index contributed by atoms with van der Waals surface area (Å²) in [6.07, 6.45) is 3.96. The van der Waals surface area contributed by atoms with Gasteiger partial charge in [-0.25, -0.2) is 9.59 Å². The van der Waals surface area contributed by atoms with Crippen LogP contribution in [0, 0.1) is 13.8 Å². The van der Waals surface area contributed by atoms with Crippen LogP contribution in [-0.4, -0.2) is 23.0 Å². The standard InChI is InChI=1S/C28H27NO6/c1-15-19-13-21-18-10-6-7-11-23(18)34-26(21)16(2)25(19)35-28(33)20(15)14-24(30)29-22(27(31)32)12-17-8-4-3-5-9-17/h3-5,8-9,13,22H,6-7,10-12,14H2,1-2H3,(H,29,30)(H,31,32)/t22-/m1/s1. The lowest BCUT2D eigenvalue weighted by Crippen LogP contribution is -2.43.